The molecule has 4 rings (SSSR count). The number of nitrogens with one attached hydrogen (secondary N) is 2. The highest BCUT2D eigenvalue weighted by Gasteiger charge is 2.22. The van der Waals surface area contributed by atoms with Gasteiger partial charge in [0.2, 0.25) is 0 Å². The summed E-state index contributed by atoms with van der Waals surface area (Å²) >= 11 is 0. The summed E-state index contributed by atoms with van der Waals surface area (Å²) < 4.78 is 38.5. The molecule has 29 heavy (non-hydrogen) atoms. The fraction of sp³-hybridized carbons (Fsp3) is 0.333. The third-order valence-corrected chi connectivity index (χ3v) is 5.21. The van der Waals surface area contributed by atoms with E-state index in [-0.39, 0.29) is 17.8 Å². The van der Waals surface area contributed by atoms with Crippen molar-refractivity contribution < 1.29 is 18.0 Å². The Morgan fingerprint density at radius 3 is 2.59 bits per heavy atom. The van der Waals surface area contributed by atoms with Gasteiger partial charge < -0.3 is 10.3 Å². The van der Waals surface area contributed by atoms with Crippen LogP contribution < -0.4 is 5.32 Å². The Hall–Kier alpha value is -2.87. The van der Waals surface area contributed by atoms with Gasteiger partial charge in [0.15, 0.2) is 5.82 Å². The second-order valence-electron chi connectivity index (χ2n) is 7.31. The van der Waals surface area contributed by atoms with E-state index in [2.05, 4.69) is 20.2 Å². The van der Waals surface area contributed by atoms with Crippen LogP contribution in [-0.2, 0) is 6.54 Å². The van der Waals surface area contributed by atoms with Gasteiger partial charge in [-0.05, 0) is 48.7 Å². The first-order valence-electron chi connectivity index (χ1n) is 9.53. The SMILES string of the molecule is O=C(NC1CCN(Cc2ccc(F)cc2)CC1)c1ccc2nc(C(F)F)[nH]c2c1. The van der Waals surface area contributed by atoms with Crippen molar-refractivity contribution in [1.82, 2.24) is 20.2 Å². The molecular formula is C21H21F3N4O. The van der Waals surface area contributed by atoms with Crippen LogP contribution in [0.5, 0.6) is 0 Å². The van der Waals surface area contributed by atoms with Gasteiger partial charge in [0.25, 0.3) is 12.3 Å². The quantitative estimate of drug-likeness (QED) is 0.677. The summed E-state index contributed by atoms with van der Waals surface area (Å²) in [6.07, 6.45) is -1.05. The lowest BCUT2D eigenvalue weighted by atomic mass is 10.0. The third-order valence-electron chi connectivity index (χ3n) is 5.21. The monoisotopic (exact) mass is 402 g/mol. The summed E-state index contributed by atoms with van der Waals surface area (Å²) in [4.78, 5) is 21.2. The lowest BCUT2D eigenvalue weighted by Gasteiger charge is -2.32. The summed E-state index contributed by atoms with van der Waals surface area (Å²) in [7, 11) is 0. The first kappa shape index (κ1) is 19.4. The molecule has 0 bridgehead atoms. The first-order chi connectivity index (χ1) is 14.0. The number of H-pyrrole nitrogens is 1. The zero-order valence-electron chi connectivity index (χ0n) is 15.7. The maximum atomic E-state index is 13.0. The first-order valence-corrected chi connectivity index (χ1v) is 9.53. The minimum Gasteiger partial charge on any atom is -0.349 e. The van der Waals surface area contributed by atoms with Crippen LogP contribution in [0, 0.1) is 5.82 Å². The fourth-order valence-corrected chi connectivity index (χ4v) is 3.63. The molecule has 5 nitrogen and oxygen atoms in total. The van der Waals surface area contributed by atoms with Gasteiger partial charge >= 0.3 is 0 Å². The molecule has 8 heteroatoms. The zero-order valence-corrected chi connectivity index (χ0v) is 15.7. The van der Waals surface area contributed by atoms with Crippen LogP contribution in [-0.4, -0.2) is 39.9 Å². The molecule has 0 saturated carbocycles. The standard InChI is InChI=1S/C21H21F3N4O/c22-15-4-1-13(2-5-15)12-28-9-7-16(8-10-28)25-21(29)14-3-6-17-18(11-14)27-20(26-17)19(23)24/h1-6,11,16,19H,7-10,12H2,(H,25,29)(H,26,27). The zero-order chi connectivity index (χ0) is 20.4. The summed E-state index contributed by atoms with van der Waals surface area (Å²) in [6.45, 7) is 2.42. The van der Waals surface area contributed by atoms with E-state index in [1.165, 1.54) is 12.1 Å². The van der Waals surface area contributed by atoms with Crippen molar-refractivity contribution in [2.75, 3.05) is 13.1 Å². The molecule has 1 aliphatic heterocycles. The molecule has 1 saturated heterocycles. The highest BCUT2D eigenvalue weighted by molar-refractivity contribution is 5.97. The smallest absolute Gasteiger partial charge is 0.295 e. The lowest BCUT2D eigenvalue weighted by molar-refractivity contribution is 0.0909. The summed E-state index contributed by atoms with van der Waals surface area (Å²) in [6, 6.07) is 11.3. The van der Waals surface area contributed by atoms with E-state index >= 15 is 0 Å². The Kier molecular flexibility index (Phi) is 5.53. The Morgan fingerprint density at radius 1 is 1.17 bits per heavy atom. The number of aromatic amines is 1. The number of carbonyl (C=O) groups excluding carboxylic acids is 1. The van der Waals surface area contributed by atoms with Crippen LogP contribution in [0.3, 0.4) is 0 Å². The van der Waals surface area contributed by atoms with Crippen LogP contribution in [0.15, 0.2) is 42.5 Å². The number of halogens is 3. The number of aromatic nitrogens is 2. The molecule has 2 N–H and O–H groups in total. The van der Waals surface area contributed by atoms with E-state index < -0.39 is 12.2 Å². The number of rotatable bonds is 5. The van der Waals surface area contributed by atoms with Crippen molar-refractivity contribution in [3.8, 4) is 0 Å². The van der Waals surface area contributed by atoms with Gasteiger partial charge in [0.1, 0.15) is 5.82 Å². The van der Waals surface area contributed by atoms with Gasteiger partial charge in [-0.2, -0.15) is 0 Å². The molecule has 2 aromatic carbocycles. The number of alkyl halides is 2. The fourth-order valence-electron chi connectivity index (χ4n) is 3.63. The average molecular weight is 402 g/mol. The van der Waals surface area contributed by atoms with Crippen LogP contribution >= 0.6 is 0 Å². The van der Waals surface area contributed by atoms with Gasteiger partial charge in [0, 0.05) is 31.2 Å². The molecule has 0 atom stereocenters. The van der Waals surface area contributed by atoms with Gasteiger partial charge in [-0.25, -0.2) is 18.2 Å². The molecule has 0 unspecified atom stereocenters. The van der Waals surface area contributed by atoms with E-state index in [1.807, 2.05) is 0 Å². The molecule has 152 valence electrons. The molecular weight excluding hydrogens is 381 g/mol. The molecule has 2 heterocycles. The van der Waals surface area contributed by atoms with Crippen molar-refractivity contribution in [1.29, 1.82) is 0 Å². The molecule has 1 fully saturated rings. The van der Waals surface area contributed by atoms with Crippen LogP contribution in [0.1, 0.15) is 41.0 Å². The third kappa shape index (κ3) is 4.59. The number of piperidine rings is 1. The maximum Gasteiger partial charge on any atom is 0.295 e. The summed E-state index contributed by atoms with van der Waals surface area (Å²) in [5.41, 5.74) is 2.30. The number of likely N-dealkylation sites (tertiary alicyclic amines) is 1. The lowest BCUT2D eigenvalue weighted by Crippen LogP contribution is -2.44. The minimum atomic E-state index is -2.68. The van der Waals surface area contributed by atoms with Crippen molar-refractivity contribution in [2.45, 2.75) is 31.9 Å². The van der Waals surface area contributed by atoms with Gasteiger partial charge in [0.05, 0.1) is 11.0 Å². The number of amides is 1. The number of hydrogen-bond acceptors (Lipinski definition) is 3. The second-order valence-corrected chi connectivity index (χ2v) is 7.31. The van der Waals surface area contributed by atoms with Gasteiger partial charge in [-0.15, -0.1) is 0 Å². The highest BCUT2D eigenvalue weighted by atomic mass is 19.3. The summed E-state index contributed by atoms with van der Waals surface area (Å²) in [5, 5.41) is 3.02. The van der Waals surface area contributed by atoms with E-state index in [4.69, 9.17) is 0 Å². The normalized spacial score (nSPS) is 15.9. The average Bonchev–Trinajstić information content (AvgIpc) is 3.15. The Labute approximate surface area is 165 Å². The van der Waals surface area contributed by atoms with E-state index in [1.54, 1.807) is 30.3 Å². The second kappa shape index (κ2) is 8.24. The van der Waals surface area contributed by atoms with Gasteiger partial charge in [-0.1, -0.05) is 12.1 Å². The molecule has 0 spiro atoms. The highest BCUT2D eigenvalue weighted by Crippen LogP contribution is 2.21. The largest absolute Gasteiger partial charge is 0.349 e. The molecule has 0 radical (unpaired) electrons. The number of hydrogen-bond donors (Lipinski definition) is 2. The van der Waals surface area contributed by atoms with Crippen LogP contribution in [0.4, 0.5) is 13.2 Å². The van der Waals surface area contributed by atoms with Crippen LogP contribution in [0.25, 0.3) is 11.0 Å². The van der Waals surface area contributed by atoms with Crippen LogP contribution in [0.2, 0.25) is 0 Å². The molecule has 1 aromatic heterocycles. The molecule has 3 aromatic rings. The van der Waals surface area contributed by atoms with Crippen molar-refractivity contribution in [3.05, 3.63) is 65.2 Å². The Balaban J connectivity index is 1.32. The Morgan fingerprint density at radius 2 is 1.90 bits per heavy atom. The Bertz CT molecular complexity index is 995. The number of benzene rings is 2. The molecule has 1 amide bonds. The molecule has 1 aliphatic rings. The number of carbonyl (C=O) groups is 1. The van der Waals surface area contributed by atoms with Crippen molar-refractivity contribution in [3.63, 3.8) is 0 Å². The number of fused-ring (bicyclic) bond motifs is 1. The van der Waals surface area contributed by atoms with E-state index in [9.17, 15) is 18.0 Å². The van der Waals surface area contributed by atoms with Gasteiger partial charge in [-0.3, -0.25) is 9.69 Å². The van der Waals surface area contributed by atoms with E-state index in [0.717, 1.165) is 38.0 Å². The summed E-state index contributed by atoms with van der Waals surface area (Å²) in [5.74, 6) is -0.864. The van der Waals surface area contributed by atoms with Crippen molar-refractivity contribution in [2.24, 2.45) is 0 Å². The molecule has 0 aliphatic carbocycles. The minimum absolute atomic E-state index is 0.0565. The predicted molar refractivity (Wildman–Crippen MR) is 103 cm³/mol. The predicted octanol–water partition coefficient (Wildman–Crippen LogP) is 4.03. The maximum absolute atomic E-state index is 13.0. The number of nitrogens with zero attached hydrogens (tertiary/aromatic N) is 2. The van der Waals surface area contributed by atoms with Crippen molar-refractivity contribution >= 4 is 16.9 Å². The topological polar surface area (TPSA) is 61.0 Å². The number of imidazole rings is 1. The van der Waals surface area contributed by atoms with E-state index in [0.29, 0.717) is 16.6 Å².